The fourth-order valence-electron chi connectivity index (χ4n) is 2.35. The fourth-order valence-corrected chi connectivity index (χ4v) is 2.35. The molecule has 0 fully saturated rings. The van der Waals surface area contributed by atoms with E-state index in [0.29, 0.717) is 18.6 Å². The van der Waals surface area contributed by atoms with Crippen molar-refractivity contribution >= 4 is 0 Å². The van der Waals surface area contributed by atoms with Crippen LogP contribution < -0.4 is 10.1 Å². The minimum atomic E-state index is -0.143. The Morgan fingerprint density at radius 2 is 1.95 bits per heavy atom. The summed E-state index contributed by atoms with van der Waals surface area (Å²) >= 11 is 0. The molecule has 2 atom stereocenters. The number of hydrogen-bond acceptors (Lipinski definition) is 4. The Kier molecular flexibility index (Phi) is 7.21. The smallest absolute Gasteiger partial charge is 0.122 e. The van der Waals surface area contributed by atoms with Crippen LogP contribution in [0, 0.1) is 11.3 Å². The van der Waals surface area contributed by atoms with Gasteiger partial charge in [-0.3, -0.25) is 5.32 Å². The molecule has 0 aliphatic carbocycles. The molecule has 21 heavy (non-hydrogen) atoms. The quantitative estimate of drug-likeness (QED) is 0.798. The van der Waals surface area contributed by atoms with Crippen LogP contribution in [0.15, 0.2) is 24.3 Å². The molecule has 0 saturated carbocycles. The van der Waals surface area contributed by atoms with E-state index in [9.17, 15) is 5.26 Å². The summed E-state index contributed by atoms with van der Waals surface area (Å²) in [6, 6.07) is 10.9. The third-order valence-corrected chi connectivity index (χ3v) is 3.62. The fraction of sp³-hybridized carbons (Fsp3) is 0.588. The van der Waals surface area contributed by atoms with Gasteiger partial charge in [-0.2, -0.15) is 5.26 Å². The van der Waals surface area contributed by atoms with Crippen LogP contribution in [0.4, 0.5) is 0 Å². The van der Waals surface area contributed by atoms with Gasteiger partial charge in [-0.25, -0.2) is 0 Å². The normalized spacial score (nSPS) is 14.0. The Morgan fingerprint density at radius 3 is 2.52 bits per heavy atom. The summed E-state index contributed by atoms with van der Waals surface area (Å²) in [5.74, 6) is 0.926. The highest BCUT2D eigenvalue weighted by Crippen LogP contribution is 2.20. The molecule has 1 rings (SSSR count). The first-order valence-electron chi connectivity index (χ1n) is 7.45. The first-order valence-corrected chi connectivity index (χ1v) is 7.45. The molecular formula is C17H27N3O. The maximum Gasteiger partial charge on any atom is 0.122 e. The van der Waals surface area contributed by atoms with Gasteiger partial charge in [-0.15, -0.1) is 0 Å². The molecule has 0 spiro atoms. The Bertz CT molecular complexity index is 467. The Hall–Kier alpha value is -1.57. The van der Waals surface area contributed by atoms with Gasteiger partial charge >= 0.3 is 0 Å². The number of para-hydroxylation sites is 1. The number of likely N-dealkylation sites (N-methyl/N-ethyl adjacent to an activating group) is 1. The third-order valence-electron chi connectivity index (χ3n) is 3.62. The van der Waals surface area contributed by atoms with Crippen LogP contribution in [0.1, 0.15) is 26.3 Å². The molecule has 1 aromatic rings. The Labute approximate surface area is 128 Å². The van der Waals surface area contributed by atoms with Crippen molar-refractivity contribution in [2.24, 2.45) is 0 Å². The van der Waals surface area contributed by atoms with Gasteiger partial charge in [0.25, 0.3) is 0 Å². The molecule has 0 heterocycles. The summed E-state index contributed by atoms with van der Waals surface area (Å²) in [6.07, 6.45) is 0.903. The van der Waals surface area contributed by atoms with Crippen LogP contribution in [0.25, 0.3) is 0 Å². The van der Waals surface area contributed by atoms with Crippen molar-refractivity contribution in [3.8, 4) is 11.8 Å². The predicted molar refractivity (Wildman–Crippen MR) is 86.5 cm³/mol. The van der Waals surface area contributed by atoms with E-state index in [-0.39, 0.29) is 6.04 Å². The minimum Gasteiger partial charge on any atom is -0.496 e. The second-order valence-corrected chi connectivity index (χ2v) is 5.81. The molecule has 0 radical (unpaired) electrons. The average molecular weight is 289 g/mol. The van der Waals surface area contributed by atoms with Crippen molar-refractivity contribution in [1.82, 2.24) is 10.2 Å². The number of methoxy groups -OCH3 is 1. The largest absolute Gasteiger partial charge is 0.496 e. The summed E-state index contributed by atoms with van der Waals surface area (Å²) in [7, 11) is 3.76. The number of nitrogens with zero attached hydrogens (tertiary/aromatic N) is 2. The number of rotatable bonds is 8. The van der Waals surface area contributed by atoms with Crippen LogP contribution in [0.5, 0.6) is 5.75 Å². The highest BCUT2D eigenvalue weighted by Gasteiger charge is 2.17. The van der Waals surface area contributed by atoms with E-state index in [1.54, 1.807) is 7.11 Å². The molecule has 1 N–H and O–H groups in total. The maximum absolute atomic E-state index is 9.22. The molecule has 116 valence electrons. The van der Waals surface area contributed by atoms with Crippen molar-refractivity contribution in [2.45, 2.75) is 45.3 Å². The summed E-state index contributed by atoms with van der Waals surface area (Å²) < 4.78 is 5.40. The van der Waals surface area contributed by atoms with Crippen molar-refractivity contribution in [3.63, 3.8) is 0 Å². The van der Waals surface area contributed by atoms with Crippen LogP contribution in [-0.4, -0.2) is 43.7 Å². The molecule has 1 aromatic carbocycles. The van der Waals surface area contributed by atoms with Gasteiger partial charge in [0, 0.05) is 18.6 Å². The van der Waals surface area contributed by atoms with Crippen molar-refractivity contribution in [2.75, 3.05) is 20.7 Å². The first kappa shape index (κ1) is 17.5. The van der Waals surface area contributed by atoms with Crippen molar-refractivity contribution in [3.05, 3.63) is 29.8 Å². The molecule has 4 nitrogen and oxygen atoms in total. The maximum atomic E-state index is 9.22. The molecule has 0 aromatic heterocycles. The number of nitrogens with one attached hydrogen (secondary N) is 1. The van der Waals surface area contributed by atoms with E-state index in [4.69, 9.17) is 4.74 Å². The summed E-state index contributed by atoms with van der Waals surface area (Å²) in [5, 5.41) is 12.5. The lowest BCUT2D eigenvalue weighted by atomic mass is 10.0. The monoisotopic (exact) mass is 289 g/mol. The Morgan fingerprint density at radius 1 is 1.29 bits per heavy atom. The van der Waals surface area contributed by atoms with Crippen molar-refractivity contribution in [1.29, 1.82) is 5.26 Å². The van der Waals surface area contributed by atoms with Gasteiger partial charge in [0.2, 0.25) is 0 Å². The van der Waals surface area contributed by atoms with Gasteiger partial charge in [0.15, 0.2) is 0 Å². The van der Waals surface area contributed by atoms with Crippen LogP contribution in [0.2, 0.25) is 0 Å². The summed E-state index contributed by atoms with van der Waals surface area (Å²) in [5.41, 5.74) is 1.20. The molecule has 0 saturated heterocycles. The molecule has 2 unspecified atom stereocenters. The second kappa shape index (κ2) is 8.66. The number of benzene rings is 1. The van der Waals surface area contributed by atoms with Gasteiger partial charge in [-0.05, 0) is 45.9 Å². The lowest BCUT2D eigenvalue weighted by molar-refractivity contribution is 0.237. The summed E-state index contributed by atoms with van der Waals surface area (Å²) in [4.78, 5) is 2.22. The van der Waals surface area contributed by atoms with Gasteiger partial charge in [0.05, 0.1) is 13.2 Å². The van der Waals surface area contributed by atoms with E-state index >= 15 is 0 Å². The zero-order chi connectivity index (χ0) is 15.8. The number of nitriles is 1. The number of hydrogen-bond donors (Lipinski definition) is 1. The highest BCUT2D eigenvalue weighted by atomic mass is 16.5. The third kappa shape index (κ3) is 5.74. The lowest BCUT2D eigenvalue weighted by Crippen LogP contribution is -2.44. The predicted octanol–water partition coefficient (Wildman–Crippen LogP) is 2.45. The zero-order valence-corrected chi connectivity index (χ0v) is 13.8. The Balaban J connectivity index is 2.62. The van der Waals surface area contributed by atoms with E-state index < -0.39 is 0 Å². The van der Waals surface area contributed by atoms with Gasteiger partial charge in [0.1, 0.15) is 11.8 Å². The molecule has 0 amide bonds. The second-order valence-electron chi connectivity index (χ2n) is 5.81. The zero-order valence-electron chi connectivity index (χ0n) is 13.8. The molecular weight excluding hydrogens is 262 g/mol. The summed E-state index contributed by atoms with van der Waals surface area (Å²) in [6.45, 7) is 7.01. The molecule has 0 bridgehead atoms. The molecule has 0 aliphatic rings. The molecule has 0 aliphatic heterocycles. The number of ether oxygens (including phenoxy) is 1. The van der Waals surface area contributed by atoms with E-state index in [1.165, 1.54) is 5.56 Å². The van der Waals surface area contributed by atoms with Crippen LogP contribution in [0.3, 0.4) is 0 Å². The first-order chi connectivity index (χ1) is 9.97. The minimum absolute atomic E-state index is 0.143. The average Bonchev–Trinajstić information content (AvgIpc) is 2.46. The van der Waals surface area contributed by atoms with E-state index in [1.807, 2.05) is 18.2 Å². The topological polar surface area (TPSA) is 48.3 Å². The van der Waals surface area contributed by atoms with Gasteiger partial charge in [-0.1, -0.05) is 18.2 Å². The highest BCUT2D eigenvalue weighted by molar-refractivity contribution is 5.33. The van der Waals surface area contributed by atoms with E-state index in [2.05, 4.69) is 50.2 Å². The van der Waals surface area contributed by atoms with Crippen molar-refractivity contribution < 1.29 is 4.74 Å². The van der Waals surface area contributed by atoms with Crippen LogP contribution in [-0.2, 0) is 6.42 Å². The SMILES string of the molecule is COc1ccccc1CC(C)N(C)CC(C#N)NC(C)C. The molecule has 4 heteroatoms. The van der Waals surface area contributed by atoms with Crippen LogP contribution >= 0.6 is 0 Å². The standard InChI is InChI=1S/C17H27N3O/c1-13(2)19-16(11-18)12-20(4)14(3)10-15-8-6-7-9-17(15)21-5/h6-9,13-14,16,19H,10,12H2,1-5H3. The van der Waals surface area contributed by atoms with E-state index in [0.717, 1.165) is 12.2 Å². The van der Waals surface area contributed by atoms with Gasteiger partial charge < -0.3 is 9.64 Å². The lowest BCUT2D eigenvalue weighted by Gasteiger charge is -2.28.